The normalized spacial score (nSPS) is 22.4. The van der Waals surface area contributed by atoms with E-state index in [1.165, 1.54) is 0 Å². The van der Waals surface area contributed by atoms with E-state index in [4.69, 9.17) is 4.42 Å². The summed E-state index contributed by atoms with van der Waals surface area (Å²) in [6.07, 6.45) is 3.24. The highest BCUT2D eigenvalue weighted by Crippen LogP contribution is 2.32. The molecule has 0 aromatic carbocycles. The van der Waals surface area contributed by atoms with Crippen LogP contribution in [0.4, 0.5) is 0 Å². The maximum atomic E-state index is 12.1. The predicted octanol–water partition coefficient (Wildman–Crippen LogP) is 1.26. The summed E-state index contributed by atoms with van der Waals surface area (Å²) in [5.41, 5.74) is 0. The molecule has 1 unspecified atom stereocenters. The summed E-state index contributed by atoms with van der Waals surface area (Å²) in [4.78, 5) is 25.7. The number of hydrogen-bond donors (Lipinski definition) is 1. The molecule has 1 saturated heterocycles. The monoisotopic (exact) mass is 276 g/mol. The largest absolute Gasteiger partial charge is 0.466 e. The summed E-state index contributed by atoms with van der Waals surface area (Å²) in [6, 6.07) is 4.25. The number of nitrogens with one attached hydrogen (secondary N) is 1. The van der Waals surface area contributed by atoms with Crippen molar-refractivity contribution < 1.29 is 14.0 Å². The van der Waals surface area contributed by atoms with Gasteiger partial charge < -0.3 is 14.6 Å². The standard InChI is InChI=1S/C15H20N2O3/c1-10-2-5-13(20-10)6-7-16-15(19)11-8-14(18)17(9-11)12-3-4-12/h2,5,11-12H,3-4,6-9H2,1H3,(H,16,19). The molecular weight excluding hydrogens is 256 g/mol. The first-order chi connectivity index (χ1) is 9.63. The van der Waals surface area contributed by atoms with Crippen LogP contribution in [0.3, 0.4) is 0 Å². The van der Waals surface area contributed by atoms with Crippen molar-refractivity contribution in [1.82, 2.24) is 10.2 Å². The number of carbonyl (C=O) groups excluding carboxylic acids is 2. The highest BCUT2D eigenvalue weighted by molar-refractivity contribution is 5.89. The van der Waals surface area contributed by atoms with Gasteiger partial charge in [-0.1, -0.05) is 0 Å². The van der Waals surface area contributed by atoms with Gasteiger partial charge in [0, 0.05) is 32.0 Å². The molecule has 2 fully saturated rings. The molecule has 2 aliphatic rings. The van der Waals surface area contributed by atoms with Gasteiger partial charge in [0.05, 0.1) is 5.92 Å². The molecule has 1 N–H and O–H groups in total. The fourth-order valence-corrected chi connectivity index (χ4v) is 2.72. The maximum absolute atomic E-state index is 12.1. The fourth-order valence-electron chi connectivity index (χ4n) is 2.72. The summed E-state index contributed by atoms with van der Waals surface area (Å²) in [5, 5.41) is 2.90. The highest BCUT2D eigenvalue weighted by atomic mass is 16.3. The second kappa shape index (κ2) is 5.31. The van der Waals surface area contributed by atoms with Crippen LogP contribution in [0.2, 0.25) is 0 Å². The minimum absolute atomic E-state index is 0.00946. The van der Waals surface area contributed by atoms with E-state index in [0.717, 1.165) is 24.4 Å². The summed E-state index contributed by atoms with van der Waals surface area (Å²) in [7, 11) is 0. The molecule has 3 rings (SSSR count). The number of rotatable bonds is 5. The highest BCUT2D eigenvalue weighted by Gasteiger charge is 2.41. The second-order valence-electron chi connectivity index (χ2n) is 5.73. The van der Waals surface area contributed by atoms with Crippen LogP contribution in [0.1, 0.15) is 30.8 Å². The van der Waals surface area contributed by atoms with Crippen LogP contribution in [0.25, 0.3) is 0 Å². The molecule has 2 amide bonds. The van der Waals surface area contributed by atoms with E-state index >= 15 is 0 Å². The lowest BCUT2D eigenvalue weighted by atomic mass is 10.1. The first kappa shape index (κ1) is 13.2. The average molecular weight is 276 g/mol. The molecule has 5 nitrogen and oxygen atoms in total. The molecule has 108 valence electrons. The number of nitrogens with zero attached hydrogens (tertiary/aromatic N) is 1. The van der Waals surface area contributed by atoms with Gasteiger partial charge in [-0.3, -0.25) is 9.59 Å². The Balaban J connectivity index is 1.44. The molecule has 1 aliphatic carbocycles. The fraction of sp³-hybridized carbons (Fsp3) is 0.600. The van der Waals surface area contributed by atoms with Gasteiger partial charge in [-0.25, -0.2) is 0 Å². The van der Waals surface area contributed by atoms with Crippen molar-refractivity contribution in [2.75, 3.05) is 13.1 Å². The van der Waals surface area contributed by atoms with Gasteiger partial charge in [-0.05, 0) is 31.9 Å². The zero-order chi connectivity index (χ0) is 14.1. The van der Waals surface area contributed by atoms with E-state index < -0.39 is 0 Å². The van der Waals surface area contributed by atoms with Crippen LogP contribution in [0.15, 0.2) is 16.5 Å². The molecule has 20 heavy (non-hydrogen) atoms. The van der Waals surface area contributed by atoms with Crippen molar-refractivity contribution in [2.45, 2.75) is 38.6 Å². The van der Waals surface area contributed by atoms with Crippen LogP contribution in [0, 0.1) is 12.8 Å². The van der Waals surface area contributed by atoms with E-state index in [1.54, 1.807) is 0 Å². The second-order valence-corrected chi connectivity index (χ2v) is 5.73. The Morgan fingerprint density at radius 1 is 1.45 bits per heavy atom. The number of furan rings is 1. The number of hydrogen-bond acceptors (Lipinski definition) is 3. The van der Waals surface area contributed by atoms with Crippen molar-refractivity contribution >= 4 is 11.8 Å². The minimum atomic E-state index is -0.179. The Hall–Kier alpha value is -1.78. The molecule has 0 bridgehead atoms. The predicted molar refractivity (Wildman–Crippen MR) is 73.0 cm³/mol. The van der Waals surface area contributed by atoms with Crippen LogP contribution >= 0.6 is 0 Å². The van der Waals surface area contributed by atoms with Gasteiger partial charge in [0.25, 0.3) is 0 Å². The molecule has 1 atom stereocenters. The van der Waals surface area contributed by atoms with E-state index in [0.29, 0.717) is 32.0 Å². The van der Waals surface area contributed by atoms with Gasteiger partial charge >= 0.3 is 0 Å². The number of carbonyl (C=O) groups is 2. The summed E-state index contributed by atoms with van der Waals surface area (Å²) >= 11 is 0. The van der Waals surface area contributed by atoms with Crippen LogP contribution < -0.4 is 5.32 Å². The van der Waals surface area contributed by atoms with Crippen LogP contribution in [-0.4, -0.2) is 35.8 Å². The Bertz CT molecular complexity index is 519. The van der Waals surface area contributed by atoms with E-state index in [9.17, 15) is 9.59 Å². The number of amides is 2. The smallest absolute Gasteiger partial charge is 0.225 e. The first-order valence-electron chi connectivity index (χ1n) is 7.26. The first-order valence-corrected chi connectivity index (χ1v) is 7.26. The molecular formula is C15H20N2O3. The van der Waals surface area contributed by atoms with Crippen molar-refractivity contribution in [2.24, 2.45) is 5.92 Å². The van der Waals surface area contributed by atoms with E-state index in [2.05, 4.69) is 5.32 Å². The van der Waals surface area contributed by atoms with Crippen molar-refractivity contribution in [3.8, 4) is 0 Å². The minimum Gasteiger partial charge on any atom is -0.466 e. The third-order valence-corrected chi connectivity index (χ3v) is 3.98. The van der Waals surface area contributed by atoms with Gasteiger partial charge in [0.15, 0.2) is 0 Å². The topological polar surface area (TPSA) is 62.6 Å². The molecule has 1 aromatic heterocycles. The molecule has 2 heterocycles. The van der Waals surface area contributed by atoms with E-state index in [1.807, 2.05) is 24.0 Å². The third-order valence-electron chi connectivity index (χ3n) is 3.98. The lowest BCUT2D eigenvalue weighted by molar-refractivity contribution is -0.129. The molecule has 1 aliphatic heterocycles. The van der Waals surface area contributed by atoms with Gasteiger partial charge in [-0.2, -0.15) is 0 Å². The SMILES string of the molecule is Cc1ccc(CCNC(=O)C2CC(=O)N(C3CC3)C2)o1. The molecule has 1 aromatic rings. The van der Waals surface area contributed by atoms with Crippen molar-refractivity contribution in [3.05, 3.63) is 23.7 Å². The Labute approximate surface area is 118 Å². The Morgan fingerprint density at radius 2 is 2.25 bits per heavy atom. The quantitative estimate of drug-likeness (QED) is 0.880. The summed E-state index contributed by atoms with van der Waals surface area (Å²) in [5.74, 6) is 1.71. The van der Waals surface area contributed by atoms with Crippen LogP contribution in [0.5, 0.6) is 0 Å². The Morgan fingerprint density at radius 3 is 2.90 bits per heavy atom. The summed E-state index contributed by atoms with van der Waals surface area (Å²) in [6.45, 7) is 3.05. The lowest BCUT2D eigenvalue weighted by Crippen LogP contribution is -2.34. The molecule has 0 radical (unpaired) electrons. The molecule has 5 heteroatoms. The summed E-state index contributed by atoms with van der Waals surface area (Å²) < 4.78 is 5.45. The van der Waals surface area contributed by atoms with Gasteiger partial charge in [-0.15, -0.1) is 0 Å². The van der Waals surface area contributed by atoms with E-state index in [-0.39, 0.29) is 17.7 Å². The maximum Gasteiger partial charge on any atom is 0.225 e. The van der Waals surface area contributed by atoms with Gasteiger partial charge in [0.2, 0.25) is 11.8 Å². The molecule has 1 saturated carbocycles. The zero-order valence-corrected chi connectivity index (χ0v) is 11.7. The number of aryl methyl sites for hydroxylation is 1. The van der Waals surface area contributed by atoms with Crippen LogP contribution in [-0.2, 0) is 16.0 Å². The Kier molecular flexibility index (Phi) is 3.51. The lowest BCUT2D eigenvalue weighted by Gasteiger charge is -2.15. The number of likely N-dealkylation sites (tertiary alicyclic amines) is 1. The third kappa shape index (κ3) is 2.86. The zero-order valence-electron chi connectivity index (χ0n) is 11.7. The van der Waals surface area contributed by atoms with Crippen molar-refractivity contribution in [3.63, 3.8) is 0 Å². The average Bonchev–Trinajstić information content (AvgIpc) is 3.06. The molecule has 0 spiro atoms. The van der Waals surface area contributed by atoms with Crippen molar-refractivity contribution in [1.29, 1.82) is 0 Å². The van der Waals surface area contributed by atoms with Gasteiger partial charge in [0.1, 0.15) is 11.5 Å².